The summed E-state index contributed by atoms with van der Waals surface area (Å²) in [6.07, 6.45) is -0.386. The molecule has 1 unspecified atom stereocenters. The smallest absolute Gasteiger partial charge is 0.250 e. The van der Waals surface area contributed by atoms with Crippen molar-refractivity contribution in [1.29, 1.82) is 0 Å². The van der Waals surface area contributed by atoms with E-state index in [1.54, 1.807) is 0 Å². The molecule has 0 spiro atoms. The largest absolute Gasteiger partial charge is 0.377 e. The van der Waals surface area contributed by atoms with Gasteiger partial charge in [0.2, 0.25) is 0 Å². The third kappa shape index (κ3) is 4.30. The summed E-state index contributed by atoms with van der Waals surface area (Å²) in [7, 11) is 0. The van der Waals surface area contributed by atoms with Gasteiger partial charge < -0.3 is 20.1 Å². The van der Waals surface area contributed by atoms with Crippen LogP contribution in [0.2, 0.25) is 0 Å². The molecular weight excluding hydrogens is 256 g/mol. The van der Waals surface area contributed by atoms with E-state index >= 15 is 0 Å². The highest BCUT2D eigenvalue weighted by molar-refractivity contribution is 5.81. The molecule has 2 N–H and O–H groups in total. The fourth-order valence-electron chi connectivity index (χ4n) is 2.11. The Morgan fingerprint density at radius 2 is 2.25 bits per heavy atom. The van der Waals surface area contributed by atoms with Crippen LogP contribution in [-0.4, -0.2) is 38.3 Å². The van der Waals surface area contributed by atoms with Gasteiger partial charge in [-0.25, -0.2) is 0 Å². The second kappa shape index (κ2) is 7.99. The average molecular weight is 278 g/mol. The van der Waals surface area contributed by atoms with Gasteiger partial charge in [-0.05, 0) is 18.1 Å². The zero-order chi connectivity index (χ0) is 14.2. The van der Waals surface area contributed by atoms with E-state index < -0.39 is 0 Å². The maximum absolute atomic E-state index is 12.0. The highest BCUT2D eigenvalue weighted by Gasteiger charge is 2.21. The van der Waals surface area contributed by atoms with Crippen molar-refractivity contribution in [2.24, 2.45) is 0 Å². The van der Waals surface area contributed by atoms with Crippen molar-refractivity contribution in [3.8, 4) is 0 Å². The van der Waals surface area contributed by atoms with Crippen molar-refractivity contribution in [3.63, 3.8) is 0 Å². The Labute approximate surface area is 119 Å². The van der Waals surface area contributed by atoms with Crippen LogP contribution in [0, 0.1) is 0 Å². The van der Waals surface area contributed by atoms with Gasteiger partial charge in [0.1, 0.15) is 6.10 Å². The van der Waals surface area contributed by atoms with E-state index in [0.29, 0.717) is 32.9 Å². The molecule has 20 heavy (non-hydrogen) atoms. The summed E-state index contributed by atoms with van der Waals surface area (Å²) in [5.41, 5.74) is 2.19. The molecule has 1 aliphatic rings. The summed E-state index contributed by atoms with van der Waals surface area (Å²) >= 11 is 0. The van der Waals surface area contributed by atoms with Crippen LogP contribution in [0.4, 0.5) is 0 Å². The molecule has 1 saturated heterocycles. The average Bonchev–Trinajstić information content (AvgIpc) is 2.52. The summed E-state index contributed by atoms with van der Waals surface area (Å²) in [5.74, 6) is -0.0663. The first kappa shape index (κ1) is 15.0. The highest BCUT2D eigenvalue weighted by Crippen LogP contribution is 2.10. The second-order valence-corrected chi connectivity index (χ2v) is 4.69. The van der Waals surface area contributed by atoms with E-state index in [1.165, 1.54) is 0 Å². The molecular formula is C15H22N2O3. The summed E-state index contributed by atoms with van der Waals surface area (Å²) in [6, 6.07) is 7.98. The molecule has 1 fully saturated rings. The molecule has 0 aliphatic carbocycles. The number of benzene rings is 1. The zero-order valence-electron chi connectivity index (χ0n) is 11.9. The number of morpholine rings is 1. The molecule has 1 aromatic carbocycles. The van der Waals surface area contributed by atoms with Gasteiger partial charge in [-0.2, -0.15) is 0 Å². The summed E-state index contributed by atoms with van der Waals surface area (Å²) in [6.45, 7) is 5.69. The molecule has 110 valence electrons. The Morgan fingerprint density at radius 1 is 1.45 bits per heavy atom. The van der Waals surface area contributed by atoms with Crippen molar-refractivity contribution in [3.05, 3.63) is 35.4 Å². The van der Waals surface area contributed by atoms with Crippen molar-refractivity contribution in [2.45, 2.75) is 26.2 Å². The van der Waals surface area contributed by atoms with Gasteiger partial charge in [-0.1, -0.05) is 24.3 Å². The first-order valence-electron chi connectivity index (χ1n) is 7.05. The van der Waals surface area contributed by atoms with E-state index in [-0.39, 0.29) is 12.0 Å². The number of amides is 1. The summed E-state index contributed by atoms with van der Waals surface area (Å²) < 4.78 is 10.9. The van der Waals surface area contributed by atoms with Gasteiger partial charge >= 0.3 is 0 Å². The van der Waals surface area contributed by atoms with Crippen LogP contribution in [0.3, 0.4) is 0 Å². The number of carbonyl (C=O) groups is 1. The summed E-state index contributed by atoms with van der Waals surface area (Å²) in [5, 5.41) is 6.07. The van der Waals surface area contributed by atoms with Crippen molar-refractivity contribution in [2.75, 3.05) is 26.3 Å². The number of rotatable bonds is 6. The van der Waals surface area contributed by atoms with Gasteiger partial charge in [0, 0.05) is 26.2 Å². The third-order valence-corrected chi connectivity index (χ3v) is 3.25. The number of ether oxygens (including phenoxy) is 2. The van der Waals surface area contributed by atoms with E-state index in [4.69, 9.17) is 9.47 Å². The van der Waals surface area contributed by atoms with Crippen molar-refractivity contribution >= 4 is 5.91 Å². The Kier molecular flexibility index (Phi) is 5.98. The van der Waals surface area contributed by atoms with Gasteiger partial charge in [-0.15, -0.1) is 0 Å². The van der Waals surface area contributed by atoms with Crippen molar-refractivity contribution in [1.82, 2.24) is 10.6 Å². The molecule has 5 heteroatoms. The fraction of sp³-hybridized carbons (Fsp3) is 0.533. The molecule has 5 nitrogen and oxygen atoms in total. The Morgan fingerprint density at radius 3 is 2.95 bits per heavy atom. The molecule has 0 bridgehead atoms. The molecule has 0 radical (unpaired) electrons. The monoisotopic (exact) mass is 278 g/mol. The standard InChI is InChI=1S/C15H22N2O3/c1-2-19-11-13-6-4-3-5-12(13)9-17-15(18)14-10-16-7-8-20-14/h3-6,14,16H,2,7-11H2,1H3,(H,17,18). The lowest BCUT2D eigenvalue weighted by Crippen LogP contribution is -2.47. The molecule has 1 aliphatic heterocycles. The van der Waals surface area contributed by atoms with Crippen LogP contribution in [0.5, 0.6) is 0 Å². The van der Waals surface area contributed by atoms with E-state index in [0.717, 1.165) is 17.7 Å². The number of hydrogen-bond acceptors (Lipinski definition) is 4. The van der Waals surface area contributed by atoms with E-state index in [9.17, 15) is 4.79 Å². The zero-order valence-corrected chi connectivity index (χ0v) is 11.9. The van der Waals surface area contributed by atoms with Gasteiger partial charge in [0.15, 0.2) is 0 Å². The number of nitrogens with one attached hydrogen (secondary N) is 2. The molecule has 0 saturated carbocycles. The van der Waals surface area contributed by atoms with Crippen molar-refractivity contribution < 1.29 is 14.3 Å². The predicted octanol–water partition coefficient (Wildman–Crippen LogP) is 0.828. The Hall–Kier alpha value is -1.43. The first-order chi connectivity index (χ1) is 9.81. The van der Waals surface area contributed by atoms with Gasteiger partial charge in [0.05, 0.1) is 13.2 Å². The highest BCUT2D eigenvalue weighted by atomic mass is 16.5. The minimum Gasteiger partial charge on any atom is -0.377 e. The molecule has 2 rings (SSSR count). The molecule has 1 heterocycles. The lowest BCUT2D eigenvalue weighted by Gasteiger charge is -2.23. The van der Waals surface area contributed by atoms with Crippen LogP contribution < -0.4 is 10.6 Å². The molecule has 0 aromatic heterocycles. The third-order valence-electron chi connectivity index (χ3n) is 3.25. The number of carbonyl (C=O) groups excluding carboxylic acids is 1. The first-order valence-corrected chi connectivity index (χ1v) is 7.05. The Bertz CT molecular complexity index is 431. The molecule has 1 aromatic rings. The van der Waals surface area contributed by atoms with Crippen LogP contribution in [-0.2, 0) is 27.4 Å². The van der Waals surface area contributed by atoms with E-state index in [2.05, 4.69) is 10.6 Å². The van der Waals surface area contributed by atoms with Crippen LogP contribution in [0.25, 0.3) is 0 Å². The lowest BCUT2D eigenvalue weighted by molar-refractivity contribution is -0.134. The maximum Gasteiger partial charge on any atom is 0.250 e. The minimum absolute atomic E-state index is 0.0663. The predicted molar refractivity (Wildman–Crippen MR) is 76.2 cm³/mol. The Balaban J connectivity index is 1.87. The van der Waals surface area contributed by atoms with Crippen LogP contribution in [0.1, 0.15) is 18.1 Å². The SMILES string of the molecule is CCOCc1ccccc1CNC(=O)C1CNCCO1. The van der Waals surface area contributed by atoms with Gasteiger partial charge in [0.25, 0.3) is 5.91 Å². The number of hydrogen-bond donors (Lipinski definition) is 2. The minimum atomic E-state index is -0.386. The molecule has 1 atom stereocenters. The second-order valence-electron chi connectivity index (χ2n) is 4.69. The fourth-order valence-corrected chi connectivity index (χ4v) is 2.11. The van der Waals surface area contributed by atoms with E-state index in [1.807, 2.05) is 31.2 Å². The van der Waals surface area contributed by atoms with Gasteiger partial charge in [-0.3, -0.25) is 4.79 Å². The lowest BCUT2D eigenvalue weighted by atomic mass is 10.1. The topological polar surface area (TPSA) is 59.6 Å². The van der Waals surface area contributed by atoms with Crippen LogP contribution in [0.15, 0.2) is 24.3 Å². The van der Waals surface area contributed by atoms with Crippen LogP contribution >= 0.6 is 0 Å². The summed E-state index contributed by atoms with van der Waals surface area (Å²) in [4.78, 5) is 12.0. The quantitative estimate of drug-likeness (QED) is 0.809. The molecule has 1 amide bonds. The maximum atomic E-state index is 12.0. The normalized spacial score (nSPS) is 18.8.